The Morgan fingerprint density at radius 3 is 2.48 bits per heavy atom. The second kappa shape index (κ2) is 6.28. The molecule has 0 aliphatic rings. The number of thiazole rings is 1. The molecule has 1 aromatic carbocycles. The van der Waals surface area contributed by atoms with Crippen molar-refractivity contribution in [3.05, 3.63) is 45.4 Å². The van der Waals surface area contributed by atoms with Gasteiger partial charge < -0.3 is 4.74 Å². The van der Waals surface area contributed by atoms with E-state index in [0.29, 0.717) is 13.0 Å². The molecule has 0 bridgehead atoms. The van der Waals surface area contributed by atoms with E-state index in [0.717, 1.165) is 21.3 Å². The van der Waals surface area contributed by atoms with Crippen LogP contribution in [-0.2, 0) is 18.4 Å². The molecule has 0 spiro atoms. The van der Waals surface area contributed by atoms with Gasteiger partial charge in [-0.15, -0.1) is 11.3 Å². The second-order valence-electron chi connectivity index (χ2n) is 6.01. The molecule has 4 heteroatoms. The van der Waals surface area contributed by atoms with Gasteiger partial charge in [0.2, 0.25) is 0 Å². The number of benzene rings is 1. The van der Waals surface area contributed by atoms with Crippen LogP contribution < -0.4 is 4.74 Å². The molecule has 2 aromatic rings. The minimum Gasteiger partial charge on any atom is -0.486 e. The van der Waals surface area contributed by atoms with Crippen molar-refractivity contribution in [1.82, 2.24) is 4.98 Å². The highest BCUT2D eigenvalue weighted by molar-refractivity contribution is 7.11. The van der Waals surface area contributed by atoms with Gasteiger partial charge in [-0.05, 0) is 30.0 Å². The van der Waals surface area contributed by atoms with Crippen LogP contribution in [0, 0.1) is 18.3 Å². The van der Waals surface area contributed by atoms with Crippen LogP contribution in [0.1, 0.15) is 41.9 Å². The lowest BCUT2D eigenvalue weighted by atomic mass is 9.87. The molecule has 0 aliphatic carbocycles. The van der Waals surface area contributed by atoms with Crippen molar-refractivity contribution in [3.8, 4) is 11.8 Å². The summed E-state index contributed by atoms with van der Waals surface area (Å²) in [6.45, 7) is 8.96. The van der Waals surface area contributed by atoms with Crippen LogP contribution in [0.5, 0.6) is 5.75 Å². The van der Waals surface area contributed by atoms with Gasteiger partial charge in [0.05, 0.1) is 18.2 Å². The van der Waals surface area contributed by atoms with Gasteiger partial charge in [-0.25, -0.2) is 4.98 Å². The van der Waals surface area contributed by atoms with E-state index in [1.807, 2.05) is 19.1 Å². The number of nitrogens with zero attached hydrogens (tertiary/aromatic N) is 2. The highest BCUT2D eigenvalue weighted by atomic mass is 32.1. The van der Waals surface area contributed by atoms with Crippen LogP contribution in [0.2, 0.25) is 0 Å². The van der Waals surface area contributed by atoms with Gasteiger partial charge in [-0.3, -0.25) is 0 Å². The van der Waals surface area contributed by atoms with E-state index in [1.165, 1.54) is 5.56 Å². The summed E-state index contributed by atoms with van der Waals surface area (Å²) in [5.74, 6) is 0.845. The molecule has 1 heterocycles. The van der Waals surface area contributed by atoms with Crippen molar-refractivity contribution >= 4 is 11.3 Å². The van der Waals surface area contributed by atoms with Crippen molar-refractivity contribution in [2.45, 2.75) is 46.1 Å². The lowest BCUT2D eigenvalue weighted by molar-refractivity contribution is 0.305. The highest BCUT2D eigenvalue weighted by Crippen LogP contribution is 2.25. The SMILES string of the molecule is Cc1nc(COc2ccc(C(C)(C)C)cc2)sc1CC#N. The van der Waals surface area contributed by atoms with Crippen LogP contribution in [0.4, 0.5) is 0 Å². The Bertz CT molecular complexity index is 645. The summed E-state index contributed by atoms with van der Waals surface area (Å²) in [6.07, 6.45) is 0.420. The number of aromatic nitrogens is 1. The predicted molar refractivity (Wildman–Crippen MR) is 85.6 cm³/mol. The summed E-state index contributed by atoms with van der Waals surface area (Å²) >= 11 is 1.55. The molecule has 0 amide bonds. The quantitative estimate of drug-likeness (QED) is 0.841. The topological polar surface area (TPSA) is 45.9 Å². The highest BCUT2D eigenvalue weighted by Gasteiger charge is 2.13. The molecule has 0 saturated carbocycles. The average molecular weight is 300 g/mol. The van der Waals surface area contributed by atoms with E-state index in [4.69, 9.17) is 10.00 Å². The number of nitriles is 1. The number of hydrogen-bond acceptors (Lipinski definition) is 4. The first-order chi connectivity index (χ1) is 9.90. The van der Waals surface area contributed by atoms with Gasteiger partial charge in [0.15, 0.2) is 0 Å². The Morgan fingerprint density at radius 1 is 1.24 bits per heavy atom. The zero-order valence-electron chi connectivity index (χ0n) is 12.9. The minimum atomic E-state index is 0.150. The third kappa shape index (κ3) is 4.05. The lowest BCUT2D eigenvalue weighted by Crippen LogP contribution is -2.10. The van der Waals surface area contributed by atoms with Crippen LogP contribution >= 0.6 is 11.3 Å². The smallest absolute Gasteiger partial charge is 0.140 e. The molecule has 110 valence electrons. The molecule has 0 unspecified atom stereocenters. The fraction of sp³-hybridized carbons (Fsp3) is 0.412. The molecule has 1 aromatic heterocycles. The molecular formula is C17H20N2OS. The molecule has 2 rings (SSSR count). The van der Waals surface area contributed by atoms with Crippen LogP contribution in [0.15, 0.2) is 24.3 Å². The van der Waals surface area contributed by atoms with E-state index < -0.39 is 0 Å². The molecule has 0 aliphatic heterocycles. The molecule has 0 radical (unpaired) electrons. The first kappa shape index (κ1) is 15.5. The van der Waals surface area contributed by atoms with E-state index in [9.17, 15) is 0 Å². The third-order valence-electron chi connectivity index (χ3n) is 3.26. The second-order valence-corrected chi connectivity index (χ2v) is 7.18. The Labute approximate surface area is 130 Å². The minimum absolute atomic E-state index is 0.150. The fourth-order valence-electron chi connectivity index (χ4n) is 1.98. The first-order valence-electron chi connectivity index (χ1n) is 6.95. The number of hydrogen-bond donors (Lipinski definition) is 0. The standard InChI is InChI=1S/C17H20N2OS/c1-12-15(9-10-18)21-16(19-12)11-20-14-7-5-13(6-8-14)17(2,3)4/h5-8H,9,11H2,1-4H3. The lowest BCUT2D eigenvalue weighted by Gasteiger charge is -2.19. The molecule has 0 fully saturated rings. The van der Waals surface area contributed by atoms with Gasteiger partial charge in [0, 0.05) is 4.88 Å². The summed E-state index contributed by atoms with van der Waals surface area (Å²) in [5.41, 5.74) is 2.37. The van der Waals surface area contributed by atoms with E-state index in [2.05, 4.69) is 44.0 Å². The van der Waals surface area contributed by atoms with Crippen molar-refractivity contribution in [2.24, 2.45) is 0 Å². The monoisotopic (exact) mass is 300 g/mol. The molecule has 0 saturated heterocycles. The van der Waals surface area contributed by atoms with Crippen molar-refractivity contribution < 1.29 is 4.74 Å². The van der Waals surface area contributed by atoms with Crippen LogP contribution in [0.25, 0.3) is 0 Å². The Balaban J connectivity index is 2.00. The van der Waals surface area contributed by atoms with Gasteiger partial charge in [0.1, 0.15) is 17.4 Å². The van der Waals surface area contributed by atoms with Crippen LogP contribution in [-0.4, -0.2) is 4.98 Å². The van der Waals surface area contributed by atoms with Crippen molar-refractivity contribution in [1.29, 1.82) is 5.26 Å². The molecule has 21 heavy (non-hydrogen) atoms. The van der Waals surface area contributed by atoms with Gasteiger partial charge >= 0.3 is 0 Å². The largest absolute Gasteiger partial charge is 0.486 e. The Hall–Kier alpha value is -1.86. The van der Waals surface area contributed by atoms with Gasteiger partial charge in [0.25, 0.3) is 0 Å². The fourth-order valence-corrected chi connectivity index (χ4v) is 2.90. The zero-order valence-corrected chi connectivity index (χ0v) is 13.8. The van der Waals surface area contributed by atoms with Gasteiger partial charge in [-0.2, -0.15) is 5.26 Å². The number of rotatable bonds is 4. The summed E-state index contributed by atoms with van der Waals surface area (Å²) in [4.78, 5) is 5.47. The third-order valence-corrected chi connectivity index (χ3v) is 4.39. The molecule has 0 N–H and O–H groups in total. The van der Waals surface area contributed by atoms with Crippen LogP contribution in [0.3, 0.4) is 0 Å². The summed E-state index contributed by atoms with van der Waals surface area (Å²) < 4.78 is 5.77. The van der Waals surface area contributed by atoms with Gasteiger partial charge in [-0.1, -0.05) is 32.9 Å². The summed E-state index contributed by atoms with van der Waals surface area (Å²) in [6, 6.07) is 10.4. The first-order valence-corrected chi connectivity index (χ1v) is 7.77. The number of aryl methyl sites for hydroxylation is 1. The average Bonchev–Trinajstić information content (AvgIpc) is 2.77. The molecular weight excluding hydrogens is 280 g/mol. The van der Waals surface area contributed by atoms with Crippen molar-refractivity contribution in [2.75, 3.05) is 0 Å². The maximum absolute atomic E-state index is 8.75. The van der Waals surface area contributed by atoms with Crippen molar-refractivity contribution in [3.63, 3.8) is 0 Å². The predicted octanol–water partition coefficient (Wildman–Crippen LogP) is 4.39. The number of ether oxygens (including phenoxy) is 1. The Kier molecular flexibility index (Phi) is 4.64. The Morgan fingerprint density at radius 2 is 1.90 bits per heavy atom. The summed E-state index contributed by atoms with van der Waals surface area (Å²) in [5, 5.41) is 9.67. The maximum Gasteiger partial charge on any atom is 0.140 e. The maximum atomic E-state index is 8.75. The van der Waals surface area contributed by atoms with E-state index in [1.54, 1.807) is 11.3 Å². The molecule has 3 nitrogen and oxygen atoms in total. The van der Waals surface area contributed by atoms with E-state index >= 15 is 0 Å². The molecule has 0 atom stereocenters. The zero-order chi connectivity index (χ0) is 15.5. The summed E-state index contributed by atoms with van der Waals surface area (Å²) in [7, 11) is 0. The normalized spacial score (nSPS) is 11.2. The van der Waals surface area contributed by atoms with E-state index in [-0.39, 0.29) is 5.41 Å².